The predicted octanol–water partition coefficient (Wildman–Crippen LogP) is 4.56. The first-order chi connectivity index (χ1) is 12.2. The van der Waals surface area contributed by atoms with Gasteiger partial charge in [-0.05, 0) is 24.5 Å². The van der Waals surface area contributed by atoms with E-state index in [1.807, 2.05) is 48.2 Å². The molecule has 3 atom stereocenters. The number of benzene rings is 2. The van der Waals surface area contributed by atoms with Crippen molar-refractivity contribution in [2.45, 2.75) is 44.8 Å². The van der Waals surface area contributed by atoms with Crippen LogP contribution in [-0.2, 0) is 9.53 Å². The summed E-state index contributed by atoms with van der Waals surface area (Å²) in [7, 11) is 0. The molecule has 3 nitrogen and oxygen atoms in total. The highest BCUT2D eigenvalue weighted by Gasteiger charge is 2.33. The summed E-state index contributed by atoms with van der Waals surface area (Å²) >= 11 is 0. The van der Waals surface area contributed by atoms with E-state index in [0.29, 0.717) is 13.1 Å². The first-order valence-electron chi connectivity index (χ1n) is 9.23. The second kappa shape index (κ2) is 8.30. The van der Waals surface area contributed by atoms with Crippen molar-refractivity contribution in [2.75, 3.05) is 13.1 Å². The van der Waals surface area contributed by atoms with E-state index in [4.69, 9.17) is 4.74 Å². The number of carbonyl (C=O) groups excluding carboxylic acids is 1. The largest absolute Gasteiger partial charge is 0.367 e. The molecule has 1 aliphatic rings. The summed E-state index contributed by atoms with van der Waals surface area (Å²) in [6.45, 7) is 5.47. The van der Waals surface area contributed by atoms with Gasteiger partial charge < -0.3 is 9.64 Å². The molecule has 0 bridgehead atoms. The van der Waals surface area contributed by atoms with Crippen LogP contribution in [0.4, 0.5) is 0 Å². The van der Waals surface area contributed by atoms with E-state index in [9.17, 15) is 4.79 Å². The maximum atomic E-state index is 13.3. The predicted molar refractivity (Wildman–Crippen MR) is 100 cm³/mol. The van der Waals surface area contributed by atoms with E-state index < -0.39 is 0 Å². The zero-order chi connectivity index (χ0) is 17.6. The monoisotopic (exact) mass is 337 g/mol. The summed E-state index contributed by atoms with van der Waals surface area (Å²) in [6, 6.07) is 20.4. The number of carbonyl (C=O) groups is 1. The third-order valence-corrected chi connectivity index (χ3v) is 4.82. The lowest BCUT2D eigenvalue weighted by molar-refractivity contribution is -0.146. The van der Waals surface area contributed by atoms with E-state index >= 15 is 0 Å². The number of hydrogen-bond donors (Lipinski definition) is 0. The van der Waals surface area contributed by atoms with Crippen molar-refractivity contribution < 1.29 is 9.53 Å². The van der Waals surface area contributed by atoms with Gasteiger partial charge in [0, 0.05) is 6.54 Å². The van der Waals surface area contributed by atoms with Gasteiger partial charge in [0.2, 0.25) is 5.91 Å². The molecule has 3 rings (SSSR count). The smallest absolute Gasteiger partial charge is 0.230 e. The topological polar surface area (TPSA) is 29.5 Å². The average Bonchev–Trinajstić information content (AvgIpc) is 2.66. The van der Waals surface area contributed by atoms with Crippen molar-refractivity contribution >= 4 is 5.91 Å². The second-order valence-electron chi connectivity index (χ2n) is 6.84. The van der Waals surface area contributed by atoms with Crippen LogP contribution in [0.15, 0.2) is 60.7 Å². The Balaban J connectivity index is 1.79. The third kappa shape index (κ3) is 4.29. The lowest BCUT2D eigenvalue weighted by Gasteiger charge is -2.38. The van der Waals surface area contributed by atoms with Crippen LogP contribution in [0.1, 0.15) is 49.8 Å². The zero-order valence-electron chi connectivity index (χ0n) is 15.1. The molecule has 2 aromatic rings. The Bertz CT molecular complexity index is 671. The van der Waals surface area contributed by atoms with Crippen molar-refractivity contribution in [3.05, 3.63) is 71.8 Å². The summed E-state index contributed by atoms with van der Waals surface area (Å²) < 4.78 is 6.10. The normalized spacial score (nSPS) is 21.8. The molecule has 0 spiro atoms. The lowest BCUT2D eigenvalue weighted by Crippen LogP contribution is -2.47. The van der Waals surface area contributed by atoms with Crippen LogP contribution in [0, 0.1) is 0 Å². The first-order valence-corrected chi connectivity index (χ1v) is 9.23. The van der Waals surface area contributed by atoms with E-state index in [2.05, 4.69) is 31.2 Å². The Morgan fingerprint density at radius 3 is 2.36 bits per heavy atom. The SMILES string of the molecule is CCCC(C(=O)N1CC(C)OC(c2ccccc2)C1)c1ccccc1. The number of nitrogens with zero attached hydrogens (tertiary/aromatic N) is 1. The molecule has 0 N–H and O–H groups in total. The van der Waals surface area contributed by atoms with E-state index in [1.54, 1.807) is 0 Å². The molecule has 3 unspecified atom stereocenters. The minimum absolute atomic E-state index is 0.0426. The highest BCUT2D eigenvalue weighted by atomic mass is 16.5. The molecular formula is C22H27NO2. The zero-order valence-corrected chi connectivity index (χ0v) is 15.1. The minimum atomic E-state index is -0.0621. The van der Waals surface area contributed by atoms with Crippen molar-refractivity contribution in [1.82, 2.24) is 4.90 Å². The second-order valence-corrected chi connectivity index (χ2v) is 6.84. The Hall–Kier alpha value is -2.13. The lowest BCUT2D eigenvalue weighted by atomic mass is 9.92. The molecule has 0 aliphatic carbocycles. The van der Waals surface area contributed by atoms with Gasteiger partial charge in [-0.1, -0.05) is 74.0 Å². The van der Waals surface area contributed by atoms with Gasteiger partial charge in [0.15, 0.2) is 0 Å². The Morgan fingerprint density at radius 1 is 1.08 bits per heavy atom. The molecule has 1 heterocycles. The minimum Gasteiger partial charge on any atom is -0.367 e. The molecule has 3 heteroatoms. The van der Waals surface area contributed by atoms with Crippen molar-refractivity contribution in [1.29, 1.82) is 0 Å². The maximum Gasteiger partial charge on any atom is 0.230 e. The number of morpholine rings is 1. The number of ether oxygens (including phenoxy) is 1. The molecule has 2 aromatic carbocycles. The van der Waals surface area contributed by atoms with Gasteiger partial charge in [-0.25, -0.2) is 0 Å². The van der Waals surface area contributed by atoms with Gasteiger partial charge in [-0.2, -0.15) is 0 Å². The number of hydrogen-bond acceptors (Lipinski definition) is 2. The van der Waals surface area contributed by atoms with Gasteiger partial charge in [-0.15, -0.1) is 0 Å². The summed E-state index contributed by atoms with van der Waals surface area (Å²) in [6.07, 6.45) is 1.87. The van der Waals surface area contributed by atoms with Gasteiger partial charge in [0.25, 0.3) is 0 Å². The summed E-state index contributed by atoms with van der Waals surface area (Å²) in [5, 5.41) is 0. The fourth-order valence-electron chi connectivity index (χ4n) is 3.61. The van der Waals surface area contributed by atoms with Gasteiger partial charge in [-0.3, -0.25) is 4.79 Å². The molecule has 25 heavy (non-hydrogen) atoms. The van der Waals surface area contributed by atoms with Gasteiger partial charge >= 0.3 is 0 Å². The number of amides is 1. The standard InChI is InChI=1S/C22H27NO2/c1-3-10-20(18-11-6-4-7-12-18)22(24)23-15-17(2)25-21(16-23)19-13-8-5-9-14-19/h4-9,11-14,17,20-21H,3,10,15-16H2,1-2H3. The molecule has 1 amide bonds. The quantitative estimate of drug-likeness (QED) is 0.800. The molecule has 1 aliphatic heterocycles. The van der Waals surface area contributed by atoms with Crippen LogP contribution >= 0.6 is 0 Å². The fourth-order valence-corrected chi connectivity index (χ4v) is 3.61. The fraction of sp³-hybridized carbons (Fsp3) is 0.409. The summed E-state index contributed by atoms with van der Waals surface area (Å²) in [5.74, 6) is 0.164. The van der Waals surface area contributed by atoms with E-state index in [1.165, 1.54) is 0 Å². The van der Waals surface area contributed by atoms with Crippen molar-refractivity contribution in [2.24, 2.45) is 0 Å². The van der Waals surface area contributed by atoms with E-state index in [-0.39, 0.29) is 24.0 Å². The number of rotatable bonds is 5. The summed E-state index contributed by atoms with van der Waals surface area (Å²) in [4.78, 5) is 15.3. The molecule has 1 saturated heterocycles. The average molecular weight is 337 g/mol. The molecule has 0 saturated carbocycles. The maximum absolute atomic E-state index is 13.3. The van der Waals surface area contributed by atoms with Crippen LogP contribution in [0.2, 0.25) is 0 Å². The summed E-state index contributed by atoms with van der Waals surface area (Å²) in [5.41, 5.74) is 2.25. The Morgan fingerprint density at radius 2 is 1.72 bits per heavy atom. The third-order valence-electron chi connectivity index (χ3n) is 4.82. The Labute approximate surface area is 150 Å². The van der Waals surface area contributed by atoms with Gasteiger partial charge in [0.05, 0.1) is 18.6 Å². The van der Waals surface area contributed by atoms with Crippen LogP contribution in [-0.4, -0.2) is 30.0 Å². The molecule has 0 radical (unpaired) electrons. The highest BCUT2D eigenvalue weighted by molar-refractivity contribution is 5.84. The van der Waals surface area contributed by atoms with Crippen molar-refractivity contribution in [3.63, 3.8) is 0 Å². The van der Waals surface area contributed by atoms with E-state index in [0.717, 1.165) is 24.0 Å². The van der Waals surface area contributed by atoms with Crippen molar-refractivity contribution in [3.8, 4) is 0 Å². The first kappa shape index (κ1) is 17.7. The molecule has 132 valence electrons. The van der Waals surface area contributed by atoms with Crippen LogP contribution in [0.3, 0.4) is 0 Å². The van der Waals surface area contributed by atoms with Crippen LogP contribution in [0.5, 0.6) is 0 Å². The van der Waals surface area contributed by atoms with Gasteiger partial charge in [0.1, 0.15) is 6.10 Å². The van der Waals surface area contributed by atoms with Crippen LogP contribution < -0.4 is 0 Å². The molecular weight excluding hydrogens is 310 g/mol. The molecule has 1 fully saturated rings. The molecule has 0 aromatic heterocycles. The Kier molecular flexibility index (Phi) is 5.87. The van der Waals surface area contributed by atoms with Crippen LogP contribution in [0.25, 0.3) is 0 Å². The highest BCUT2D eigenvalue weighted by Crippen LogP contribution is 2.29.